The number of anilines is 2. The molecular formula is C15H14BrN5O. The summed E-state index contributed by atoms with van der Waals surface area (Å²) in [5.41, 5.74) is 0.908. The van der Waals surface area contributed by atoms with Gasteiger partial charge in [0, 0.05) is 24.1 Å². The van der Waals surface area contributed by atoms with Crippen molar-refractivity contribution >= 4 is 27.4 Å². The Morgan fingerprint density at radius 2 is 2.18 bits per heavy atom. The van der Waals surface area contributed by atoms with Crippen LogP contribution in [0, 0.1) is 0 Å². The minimum absolute atomic E-state index is 0.631. The summed E-state index contributed by atoms with van der Waals surface area (Å²) in [6.07, 6.45) is 6.75. The van der Waals surface area contributed by atoms with Crippen molar-refractivity contribution in [2.24, 2.45) is 0 Å². The third-order valence-electron chi connectivity index (χ3n) is 2.93. The number of nitrogens with one attached hydrogen (secondary N) is 1. The molecule has 3 rings (SSSR count). The van der Waals surface area contributed by atoms with E-state index in [2.05, 4.69) is 36.2 Å². The van der Waals surface area contributed by atoms with Crippen molar-refractivity contribution < 1.29 is 4.74 Å². The van der Waals surface area contributed by atoms with Gasteiger partial charge in [0.1, 0.15) is 30.0 Å². The van der Waals surface area contributed by atoms with E-state index in [9.17, 15) is 0 Å². The van der Waals surface area contributed by atoms with Gasteiger partial charge in [-0.15, -0.1) is 0 Å². The van der Waals surface area contributed by atoms with Crippen LogP contribution < -0.4 is 10.1 Å². The van der Waals surface area contributed by atoms with Crippen molar-refractivity contribution in [3.63, 3.8) is 0 Å². The average Bonchev–Trinajstić information content (AvgIpc) is 3.05. The van der Waals surface area contributed by atoms with Crippen molar-refractivity contribution in [2.45, 2.75) is 6.92 Å². The van der Waals surface area contributed by atoms with Gasteiger partial charge < -0.3 is 10.1 Å². The van der Waals surface area contributed by atoms with E-state index in [0.717, 1.165) is 21.7 Å². The quantitative estimate of drug-likeness (QED) is 0.754. The van der Waals surface area contributed by atoms with E-state index in [1.165, 1.54) is 6.33 Å². The molecule has 6 nitrogen and oxygen atoms in total. The molecule has 0 amide bonds. The first-order chi connectivity index (χ1) is 10.8. The van der Waals surface area contributed by atoms with Gasteiger partial charge in [-0.2, -0.15) is 0 Å². The lowest BCUT2D eigenvalue weighted by atomic mass is 10.3. The summed E-state index contributed by atoms with van der Waals surface area (Å²) < 4.78 is 8.21. The lowest BCUT2D eigenvalue weighted by molar-refractivity contribution is 0.338. The highest BCUT2D eigenvalue weighted by Crippen LogP contribution is 2.29. The van der Waals surface area contributed by atoms with E-state index >= 15 is 0 Å². The molecule has 0 spiro atoms. The molecule has 0 radical (unpaired) electrons. The molecule has 112 valence electrons. The van der Waals surface area contributed by atoms with Crippen LogP contribution in [0.15, 0.2) is 53.8 Å². The maximum absolute atomic E-state index is 5.50. The van der Waals surface area contributed by atoms with Crippen LogP contribution >= 0.6 is 15.9 Å². The summed E-state index contributed by atoms with van der Waals surface area (Å²) >= 11 is 3.50. The Morgan fingerprint density at radius 1 is 1.27 bits per heavy atom. The molecule has 3 aromatic rings. The zero-order chi connectivity index (χ0) is 15.4. The van der Waals surface area contributed by atoms with Crippen molar-refractivity contribution in [3.05, 3.63) is 53.8 Å². The summed E-state index contributed by atoms with van der Waals surface area (Å²) in [6, 6.07) is 7.65. The van der Waals surface area contributed by atoms with Gasteiger partial charge in [0.2, 0.25) is 0 Å². The first-order valence-electron chi connectivity index (χ1n) is 6.76. The number of hydrogen-bond acceptors (Lipinski definition) is 5. The highest BCUT2D eigenvalue weighted by atomic mass is 79.9. The molecule has 0 atom stereocenters. The molecular weight excluding hydrogens is 346 g/mol. The first kappa shape index (κ1) is 14.5. The predicted octanol–water partition coefficient (Wildman–Crippen LogP) is 3.57. The Morgan fingerprint density at radius 3 is 2.91 bits per heavy atom. The second kappa shape index (κ2) is 6.57. The summed E-state index contributed by atoms with van der Waals surface area (Å²) in [7, 11) is 0. The zero-order valence-corrected chi connectivity index (χ0v) is 13.5. The van der Waals surface area contributed by atoms with Gasteiger partial charge in [-0.05, 0) is 41.1 Å². The largest absolute Gasteiger partial charge is 0.493 e. The topological polar surface area (TPSA) is 64.9 Å². The number of rotatable bonds is 5. The molecule has 0 aliphatic rings. The third-order valence-corrected chi connectivity index (χ3v) is 3.55. The van der Waals surface area contributed by atoms with E-state index in [-0.39, 0.29) is 0 Å². The van der Waals surface area contributed by atoms with Crippen LogP contribution in [0.4, 0.5) is 11.5 Å². The minimum Gasteiger partial charge on any atom is -0.493 e. The smallest absolute Gasteiger partial charge is 0.143 e. The van der Waals surface area contributed by atoms with Gasteiger partial charge in [0.05, 0.1) is 11.1 Å². The van der Waals surface area contributed by atoms with Crippen LogP contribution in [0.2, 0.25) is 0 Å². The van der Waals surface area contributed by atoms with Gasteiger partial charge in [-0.1, -0.05) is 0 Å². The van der Waals surface area contributed by atoms with Crippen molar-refractivity contribution in [1.82, 2.24) is 19.5 Å². The van der Waals surface area contributed by atoms with Crippen molar-refractivity contribution in [2.75, 3.05) is 11.9 Å². The van der Waals surface area contributed by atoms with Gasteiger partial charge in [0.15, 0.2) is 0 Å². The molecule has 2 aromatic heterocycles. The monoisotopic (exact) mass is 359 g/mol. The first-order valence-corrected chi connectivity index (χ1v) is 7.55. The van der Waals surface area contributed by atoms with Crippen molar-refractivity contribution in [3.8, 4) is 11.6 Å². The lowest BCUT2D eigenvalue weighted by Crippen LogP contribution is -2.00. The van der Waals surface area contributed by atoms with Gasteiger partial charge in [0.25, 0.3) is 0 Å². The Kier molecular flexibility index (Phi) is 4.34. The summed E-state index contributed by atoms with van der Waals surface area (Å²) in [4.78, 5) is 12.5. The highest BCUT2D eigenvalue weighted by molar-refractivity contribution is 9.10. The fourth-order valence-corrected chi connectivity index (χ4v) is 2.44. The summed E-state index contributed by atoms with van der Waals surface area (Å²) in [5.74, 6) is 2.27. The Labute approximate surface area is 136 Å². The minimum atomic E-state index is 0.631. The number of imidazole rings is 1. The van der Waals surface area contributed by atoms with Crippen LogP contribution in [0.1, 0.15) is 6.92 Å². The van der Waals surface area contributed by atoms with E-state index < -0.39 is 0 Å². The van der Waals surface area contributed by atoms with Crippen LogP contribution in [0.3, 0.4) is 0 Å². The molecule has 7 heteroatoms. The van der Waals surface area contributed by atoms with Crippen LogP contribution in [-0.4, -0.2) is 26.1 Å². The van der Waals surface area contributed by atoms with Gasteiger partial charge in [-0.25, -0.2) is 15.0 Å². The molecule has 22 heavy (non-hydrogen) atoms. The van der Waals surface area contributed by atoms with E-state index in [4.69, 9.17) is 4.74 Å². The molecule has 1 aromatic carbocycles. The number of halogens is 1. The maximum Gasteiger partial charge on any atom is 0.143 e. The Balaban J connectivity index is 1.81. The molecule has 0 unspecified atom stereocenters. The van der Waals surface area contributed by atoms with Gasteiger partial charge in [-0.3, -0.25) is 4.57 Å². The van der Waals surface area contributed by atoms with Crippen LogP contribution in [0.5, 0.6) is 5.75 Å². The highest BCUT2D eigenvalue weighted by Gasteiger charge is 2.05. The second-order valence-electron chi connectivity index (χ2n) is 4.43. The molecule has 0 aliphatic heterocycles. The lowest BCUT2D eigenvalue weighted by Gasteiger charge is -2.10. The third kappa shape index (κ3) is 3.25. The normalized spacial score (nSPS) is 10.5. The van der Waals surface area contributed by atoms with E-state index in [0.29, 0.717) is 12.4 Å². The number of aromatic nitrogens is 4. The molecule has 1 N–H and O–H groups in total. The summed E-state index contributed by atoms with van der Waals surface area (Å²) in [6.45, 7) is 2.59. The maximum atomic E-state index is 5.50. The van der Waals surface area contributed by atoms with Crippen LogP contribution in [-0.2, 0) is 0 Å². The predicted molar refractivity (Wildman–Crippen MR) is 87.7 cm³/mol. The molecule has 2 heterocycles. The van der Waals surface area contributed by atoms with Crippen molar-refractivity contribution in [1.29, 1.82) is 0 Å². The van der Waals surface area contributed by atoms with Crippen LogP contribution in [0.25, 0.3) is 5.82 Å². The number of ether oxygens (including phenoxy) is 1. The van der Waals surface area contributed by atoms with E-state index in [1.54, 1.807) is 12.5 Å². The average molecular weight is 360 g/mol. The molecule has 0 saturated carbocycles. The Bertz CT molecular complexity index is 760. The standard InChI is InChI=1S/C15H14BrN5O/c1-2-22-13-4-3-11(7-12(13)16)20-14-8-15(19-9-18-14)21-6-5-17-10-21/h3-10H,2H2,1H3,(H,18,19,20). The van der Waals surface area contributed by atoms with Gasteiger partial charge >= 0.3 is 0 Å². The molecule has 0 bridgehead atoms. The molecule has 0 saturated heterocycles. The molecule has 0 fully saturated rings. The van der Waals surface area contributed by atoms with E-state index in [1.807, 2.05) is 42.0 Å². The SMILES string of the molecule is CCOc1ccc(Nc2cc(-n3ccnc3)ncn2)cc1Br. The second-order valence-corrected chi connectivity index (χ2v) is 5.29. The summed E-state index contributed by atoms with van der Waals surface area (Å²) in [5, 5.41) is 3.25. The fourth-order valence-electron chi connectivity index (χ4n) is 1.95. The number of benzene rings is 1. The zero-order valence-electron chi connectivity index (χ0n) is 11.9. The Hall–Kier alpha value is -2.41. The number of nitrogens with zero attached hydrogens (tertiary/aromatic N) is 4. The molecule has 0 aliphatic carbocycles. The fraction of sp³-hybridized carbons (Fsp3) is 0.133. The number of hydrogen-bond donors (Lipinski definition) is 1.